The van der Waals surface area contributed by atoms with E-state index in [0.29, 0.717) is 5.75 Å². The lowest BCUT2D eigenvalue weighted by Gasteiger charge is -2.29. The first kappa shape index (κ1) is 22.6. The van der Waals surface area contributed by atoms with Gasteiger partial charge in [0.25, 0.3) is 0 Å². The lowest BCUT2D eigenvalue weighted by molar-refractivity contribution is 0.405. The predicted molar refractivity (Wildman–Crippen MR) is 134 cm³/mol. The van der Waals surface area contributed by atoms with Gasteiger partial charge in [-0.1, -0.05) is 60.7 Å². The maximum absolute atomic E-state index is 13.1. The van der Waals surface area contributed by atoms with Crippen LogP contribution in [0.3, 0.4) is 0 Å². The fraction of sp³-hybridized carbons (Fsp3) is 0.269. The van der Waals surface area contributed by atoms with Crippen molar-refractivity contribution in [2.75, 3.05) is 12.0 Å². The molecule has 1 unspecified atom stereocenters. The molecular weight excluding hydrogens is 441 g/mol. The van der Waals surface area contributed by atoms with Gasteiger partial charge in [-0.15, -0.1) is 0 Å². The highest BCUT2D eigenvalue weighted by atomic mass is 32.2. The van der Waals surface area contributed by atoms with Gasteiger partial charge in [0.05, 0.1) is 13.2 Å². The Labute approximate surface area is 198 Å². The van der Waals surface area contributed by atoms with Crippen LogP contribution in [0, 0.1) is 5.82 Å². The Morgan fingerprint density at radius 1 is 1.03 bits per heavy atom. The maximum Gasteiger partial charge on any atom is 0.141 e. The topological polar surface area (TPSA) is 32.7 Å². The smallest absolute Gasteiger partial charge is 0.141 e. The summed E-state index contributed by atoms with van der Waals surface area (Å²) in [6.07, 6.45) is 3.92. The lowest BCUT2D eigenvalue weighted by atomic mass is 9.96. The van der Waals surface area contributed by atoms with Crippen LogP contribution in [0.4, 0.5) is 10.1 Å². The van der Waals surface area contributed by atoms with Crippen LogP contribution in [0.5, 0.6) is 11.5 Å². The summed E-state index contributed by atoms with van der Waals surface area (Å²) in [5, 5.41) is 11.0. The molecule has 6 heteroatoms. The summed E-state index contributed by atoms with van der Waals surface area (Å²) >= 11 is 7.49. The van der Waals surface area contributed by atoms with Crippen molar-refractivity contribution in [3.05, 3.63) is 89.7 Å². The highest BCUT2D eigenvalue weighted by molar-refractivity contribution is 8.24. The highest BCUT2D eigenvalue weighted by Crippen LogP contribution is 2.48. The molecule has 166 valence electrons. The first-order valence-corrected chi connectivity index (χ1v) is 12.0. The molecule has 0 amide bonds. The van der Waals surface area contributed by atoms with E-state index in [1.165, 1.54) is 12.1 Å². The average Bonchev–Trinajstić information content (AvgIpc) is 3.14. The Bertz CT molecular complexity index is 1060. The molecule has 1 saturated heterocycles. The first-order chi connectivity index (χ1) is 15.6. The number of anilines is 1. The fourth-order valence-corrected chi connectivity index (χ4v) is 6.03. The summed E-state index contributed by atoms with van der Waals surface area (Å²) in [7, 11) is 1.59. The second-order valence-corrected chi connectivity index (χ2v) is 9.74. The Kier molecular flexibility index (Phi) is 7.33. The van der Waals surface area contributed by atoms with Crippen molar-refractivity contribution >= 4 is 34.0 Å². The molecule has 3 nitrogen and oxygen atoms in total. The van der Waals surface area contributed by atoms with Crippen molar-refractivity contribution in [1.29, 1.82) is 0 Å². The van der Waals surface area contributed by atoms with Crippen LogP contribution < -0.4 is 9.64 Å². The molecule has 2 atom stereocenters. The number of aromatic hydroxyl groups is 1. The summed E-state index contributed by atoms with van der Waals surface area (Å²) in [5.74, 6) is 0.645. The average molecular weight is 468 g/mol. The van der Waals surface area contributed by atoms with E-state index in [1.54, 1.807) is 24.9 Å². The van der Waals surface area contributed by atoms with E-state index in [9.17, 15) is 9.50 Å². The molecule has 0 spiro atoms. The monoisotopic (exact) mass is 467 g/mol. The molecule has 1 aliphatic rings. The third-order valence-corrected chi connectivity index (χ3v) is 7.47. The number of phenolic OH excluding ortho intramolecular Hbond substituents is 1. The molecule has 1 N–H and O–H groups in total. The van der Waals surface area contributed by atoms with Crippen LogP contribution in [0.2, 0.25) is 0 Å². The molecule has 1 heterocycles. The van der Waals surface area contributed by atoms with Gasteiger partial charge in [0.1, 0.15) is 21.6 Å². The number of unbranched alkanes of at least 4 members (excludes halogenated alkanes) is 1. The minimum Gasteiger partial charge on any atom is -0.507 e. The second kappa shape index (κ2) is 10.4. The number of ether oxygens (including phenoxy) is 1. The van der Waals surface area contributed by atoms with Gasteiger partial charge in [-0.05, 0) is 61.2 Å². The van der Waals surface area contributed by atoms with Gasteiger partial charge in [0, 0.05) is 22.6 Å². The molecule has 4 rings (SSSR count). The Hall–Kier alpha value is -2.57. The van der Waals surface area contributed by atoms with Crippen LogP contribution in [0.15, 0.2) is 72.8 Å². The zero-order valence-electron chi connectivity index (χ0n) is 17.9. The Morgan fingerprint density at radius 2 is 1.78 bits per heavy atom. The number of thiocarbonyl (C=S) groups is 1. The molecule has 1 fully saturated rings. The number of para-hydroxylation sites is 1. The van der Waals surface area contributed by atoms with Gasteiger partial charge in [0.2, 0.25) is 0 Å². The van der Waals surface area contributed by atoms with Gasteiger partial charge in [-0.3, -0.25) is 0 Å². The molecular formula is C26H26FNO2S2. The standard InChI is InChI=1S/C26H26FNO2S2/c1-30-21-15-16-22(23(29)17-21)25-24(10-6-5-7-18-11-13-19(27)14-12-18)32-26(31)28(25)20-8-3-2-4-9-20/h2-4,8-9,11-17,24-25,29H,5-7,10H2,1H3/t24?,25-/m1/s1. The van der Waals surface area contributed by atoms with Crippen molar-refractivity contribution in [2.45, 2.75) is 37.0 Å². The number of rotatable bonds is 8. The molecule has 0 aromatic heterocycles. The summed E-state index contributed by atoms with van der Waals surface area (Å²) in [4.78, 5) is 2.16. The van der Waals surface area contributed by atoms with E-state index in [0.717, 1.165) is 46.8 Å². The number of aryl methyl sites for hydroxylation is 1. The number of nitrogens with zero attached hydrogens (tertiary/aromatic N) is 1. The minimum absolute atomic E-state index is 0.0633. The molecule has 0 radical (unpaired) electrons. The summed E-state index contributed by atoms with van der Waals surface area (Å²) in [6.45, 7) is 0. The van der Waals surface area contributed by atoms with E-state index in [4.69, 9.17) is 17.0 Å². The van der Waals surface area contributed by atoms with Crippen molar-refractivity contribution in [2.24, 2.45) is 0 Å². The zero-order chi connectivity index (χ0) is 22.5. The number of phenols is 1. The predicted octanol–water partition coefficient (Wildman–Crippen LogP) is 6.90. The van der Waals surface area contributed by atoms with Gasteiger partial charge >= 0.3 is 0 Å². The van der Waals surface area contributed by atoms with E-state index in [1.807, 2.05) is 42.5 Å². The quantitative estimate of drug-likeness (QED) is 0.288. The van der Waals surface area contributed by atoms with Crippen LogP contribution >= 0.6 is 24.0 Å². The van der Waals surface area contributed by atoms with E-state index in [-0.39, 0.29) is 22.9 Å². The molecule has 3 aromatic carbocycles. The van der Waals surface area contributed by atoms with Crippen LogP contribution in [-0.2, 0) is 6.42 Å². The van der Waals surface area contributed by atoms with Crippen molar-refractivity contribution in [3.63, 3.8) is 0 Å². The van der Waals surface area contributed by atoms with E-state index < -0.39 is 0 Å². The third-order valence-electron chi connectivity index (χ3n) is 5.79. The van der Waals surface area contributed by atoms with Crippen LogP contribution in [0.1, 0.15) is 36.4 Å². The Balaban J connectivity index is 1.53. The van der Waals surface area contributed by atoms with Gasteiger partial charge in [0.15, 0.2) is 0 Å². The number of hydrogen-bond donors (Lipinski definition) is 1. The highest BCUT2D eigenvalue weighted by Gasteiger charge is 2.41. The Morgan fingerprint density at radius 3 is 2.47 bits per heavy atom. The van der Waals surface area contributed by atoms with Gasteiger partial charge < -0.3 is 14.7 Å². The molecule has 0 bridgehead atoms. The molecule has 3 aromatic rings. The van der Waals surface area contributed by atoms with Crippen molar-refractivity contribution < 1.29 is 14.2 Å². The third kappa shape index (κ3) is 5.08. The van der Waals surface area contributed by atoms with Gasteiger partial charge in [-0.25, -0.2) is 4.39 Å². The normalized spacial score (nSPS) is 18.2. The molecule has 0 saturated carbocycles. The molecule has 32 heavy (non-hydrogen) atoms. The summed E-state index contributed by atoms with van der Waals surface area (Å²) in [5.41, 5.74) is 3.03. The lowest BCUT2D eigenvalue weighted by Crippen LogP contribution is -2.29. The molecule has 0 aliphatic carbocycles. The minimum atomic E-state index is -0.201. The van der Waals surface area contributed by atoms with E-state index in [2.05, 4.69) is 17.0 Å². The largest absolute Gasteiger partial charge is 0.507 e. The number of benzene rings is 3. The van der Waals surface area contributed by atoms with E-state index >= 15 is 0 Å². The maximum atomic E-state index is 13.1. The second-order valence-electron chi connectivity index (χ2n) is 7.87. The van der Waals surface area contributed by atoms with Crippen LogP contribution in [-0.4, -0.2) is 21.8 Å². The molecule has 1 aliphatic heterocycles. The number of hydrogen-bond acceptors (Lipinski definition) is 4. The van der Waals surface area contributed by atoms with Crippen LogP contribution in [0.25, 0.3) is 0 Å². The van der Waals surface area contributed by atoms with Crippen molar-refractivity contribution in [3.8, 4) is 11.5 Å². The number of thioether (sulfide) groups is 1. The first-order valence-electron chi connectivity index (χ1n) is 10.7. The summed E-state index contributed by atoms with van der Waals surface area (Å²) < 4.78 is 19.2. The fourth-order valence-electron chi connectivity index (χ4n) is 4.17. The summed E-state index contributed by atoms with van der Waals surface area (Å²) in [6, 6.07) is 22.3. The number of halogens is 1. The number of methoxy groups -OCH3 is 1. The van der Waals surface area contributed by atoms with Crippen molar-refractivity contribution in [1.82, 2.24) is 0 Å². The SMILES string of the molecule is COc1ccc([C@@H]2C(CCCCc3ccc(F)cc3)SC(=S)N2c2ccccc2)c(O)c1. The zero-order valence-corrected chi connectivity index (χ0v) is 19.5. The van der Waals surface area contributed by atoms with Gasteiger partial charge in [-0.2, -0.15) is 0 Å².